The van der Waals surface area contributed by atoms with Gasteiger partial charge in [-0.2, -0.15) is 0 Å². The second-order valence-electron chi connectivity index (χ2n) is 5.15. The summed E-state index contributed by atoms with van der Waals surface area (Å²) in [6, 6.07) is 2.52. The van der Waals surface area contributed by atoms with Crippen molar-refractivity contribution in [2.75, 3.05) is 13.1 Å². The zero-order valence-electron chi connectivity index (χ0n) is 10.3. The molecule has 0 spiro atoms. The molecule has 88 valence electrons. The summed E-state index contributed by atoms with van der Waals surface area (Å²) in [6.07, 6.45) is 8.24. The van der Waals surface area contributed by atoms with Crippen LogP contribution in [0, 0.1) is 0 Å². The van der Waals surface area contributed by atoms with Crippen LogP contribution in [0.15, 0.2) is 0 Å². The van der Waals surface area contributed by atoms with Gasteiger partial charge in [0.25, 0.3) is 0 Å². The third-order valence-electron chi connectivity index (χ3n) is 4.23. The van der Waals surface area contributed by atoms with E-state index in [0.717, 1.165) is 18.1 Å². The van der Waals surface area contributed by atoms with Gasteiger partial charge in [-0.25, -0.2) is 0 Å². The maximum Gasteiger partial charge on any atom is 0.0264 e. The molecule has 2 nitrogen and oxygen atoms in total. The molecule has 0 amide bonds. The molecule has 2 saturated heterocycles. The lowest BCUT2D eigenvalue weighted by molar-refractivity contribution is 0.0802. The van der Waals surface area contributed by atoms with Gasteiger partial charge >= 0.3 is 0 Å². The van der Waals surface area contributed by atoms with Gasteiger partial charge in [0, 0.05) is 18.1 Å². The summed E-state index contributed by atoms with van der Waals surface area (Å²) >= 11 is 0. The minimum Gasteiger partial charge on any atom is -0.312 e. The first kappa shape index (κ1) is 11.4. The quantitative estimate of drug-likeness (QED) is 0.766. The summed E-state index contributed by atoms with van der Waals surface area (Å²) in [5.74, 6) is 0. The molecule has 0 radical (unpaired) electrons. The van der Waals surface area contributed by atoms with Crippen molar-refractivity contribution in [2.24, 2.45) is 0 Å². The minimum atomic E-state index is 0.810. The first-order valence-corrected chi connectivity index (χ1v) is 6.86. The average Bonchev–Trinajstić information content (AvgIpc) is 2.73. The molecular weight excluding hydrogens is 184 g/mol. The molecule has 2 aliphatic heterocycles. The van der Waals surface area contributed by atoms with E-state index >= 15 is 0 Å². The van der Waals surface area contributed by atoms with Crippen molar-refractivity contribution in [3.63, 3.8) is 0 Å². The maximum absolute atomic E-state index is 3.67. The van der Waals surface area contributed by atoms with Crippen molar-refractivity contribution in [2.45, 2.75) is 70.5 Å². The van der Waals surface area contributed by atoms with Crippen LogP contribution in [0.3, 0.4) is 0 Å². The average molecular weight is 210 g/mol. The van der Waals surface area contributed by atoms with E-state index in [2.05, 4.69) is 24.1 Å². The second kappa shape index (κ2) is 5.31. The summed E-state index contributed by atoms with van der Waals surface area (Å²) in [7, 11) is 0. The fraction of sp³-hybridized carbons (Fsp3) is 1.00. The SMILES string of the molecule is CCCC(CC)N1CCC[C@H]2NCC[C@H]21. The van der Waals surface area contributed by atoms with E-state index in [4.69, 9.17) is 0 Å². The van der Waals surface area contributed by atoms with Gasteiger partial charge in [0.2, 0.25) is 0 Å². The largest absolute Gasteiger partial charge is 0.312 e. The molecule has 2 heterocycles. The van der Waals surface area contributed by atoms with Crippen LogP contribution >= 0.6 is 0 Å². The highest BCUT2D eigenvalue weighted by Gasteiger charge is 2.36. The number of likely N-dealkylation sites (tertiary alicyclic amines) is 1. The van der Waals surface area contributed by atoms with Gasteiger partial charge in [-0.15, -0.1) is 0 Å². The molecule has 2 fully saturated rings. The molecule has 3 atom stereocenters. The molecule has 1 unspecified atom stereocenters. The van der Waals surface area contributed by atoms with Crippen molar-refractivity contribution in [1.29, 1.82) is 0 Å². The number of nitrogens with one attached hydrogen (secondary N) is 1. The van der Waals surface area contributed by atoms with E-state index < -0.39 is 0 Å². The second-order valence-corrected chi connectivity index (χ2v) is 5.15. The molecule has 1 N–H and O–H groups in total. The minimum absolute atomic E-state index is 0.810. The molecule has 0 aliphatic carbocycles. The molecule has 0 aromatic carbocycles. The molecule has 2 rings (SSSR count). The highest BCUT2D eigenvalue weighted by atomic mass is 15.2. The monoisotopic (exact) mass is 210 g/mol. The Morgan fingerprint density at radius 3 is 2.93 bits per heavy atom. The normalized spacial score (nSPS) is 34.0. The van der Waals surface area contributed by atoms with Crippen LogP contribution in [-0.2, 0) is 0 Å². The Kier molecular flexibility index (Phi) is 4.04. The molecule has 0 aromatic rings. The fourth-order valence-corrected chi connectivity index (χ4v) is 3.50. The van der Waals surface area contributed by atoms with Gasteiger partial charge in [0.05, 0.1) is 0 Å². The summed E-state index contributed by atoms with van der Waals surface area (Å²) < 4.78 is 0. The summed E-state index contributed by atoms with van der Waals surface area (Å²) in [5.41, 5.74) is 0. The molecule has 0 bridgehead atoms. The van der Waals surface area contributed by atoms with Crippen molar-refractivity contribution in [3.8, 4) is 0 Å². The van der Waals surface area contributed by atoms with Crippen LogP contribution in [0.4, 0.5) is 0 Å². The van der Waals surface area contributed by atoms with Gasteiger partial charge in [0.1, 0.15) is 0 Å². The van der Waals surface area contributed by atoms with E-state index in [0.29, 0.717) is 0 Å². The fourth-order valence-electron chi connectivity index (χ4n) is 3.50. The highest BCUT2D eigenvalue weighted by Crippen LogP contribution is 2.28. The van der Waals surface area contributed by atoms with Gasteiger partial charge in [0.15, 0.2) is 0 Å². The Morgan fingerprint density at radius 2 is 2.20 bits per heavy atom. The van der Waals surface area contributed by atoms with Crippen LogP contribution < -0.4 is 5.32 Å². The number of rotatable bonds is 4. The summed E-state index contributed by atoms with van der Waals surface area (Å²) in [5, 5.41) is 3.67. The zero-order valence-corrected chi connectivity index (χ0v) is 10.3. The van der Waals surface area contributed by atoms with E-state index in [1.165, 1.54) is 51.6 Å². The Balaban J connectivity index is 1.99. The van der Waals surface area contributed by atoms with E-state index in [9.17, 15) is 0 Å². The van der Waals surface area contributed by atoms with Crippen LogP contribution in [0.25, 0.3) is 0 Å². The number of nitrogens with zero attached hydrogens (tertiary/aromatic N) is 1. The Bertz CT molecular complexity index is 193. The third-order valence-corrected chi connectivity index (χ3v) is 4.23. The Labute approximate surface area is 94.4 Å². The Hall–Kier alpha value is -0.0800. The lowest BCUT2D eigenvalue weighted by Crippen LogP contribution is -2.52. The molecule has 15 heavy (non-hydrogen) atoms. The van der Waals surface area contributed by atoms with Crippen molar-refractivity contribution in [1.82, 2.24) is 10.2 Å². The van der Waals surface area contributed by atoms with Crippen LogP contribution in [0.2, 0.25) is 0 Å². The molecule has 0 aromatic heterocycles. The molecular formula is C13H26N2. The maximum atomic E-state index is 3.67. The van der Waals surface area contributed by atoms with Crippen molar-refractivity contribution >= 4 is 0 Å². The highest BCUT2D eigenvalue weighted by molar-refractivity contribution is 4.96. The predicted molar refractivity (Wildman–Crippen MR) is 65.1 cm³/mol. The third kappa shape index (κ3) is 2.36. The zero-order chi connectivity index (χ0) is 10.7. The van der Waals surface area contributed by atoms with Crippen LogP contribution in [-0.4, -0.2) is 36.1 Å². The van der Waals surface area contributed by atoms with Crippen molar-refractivity contribution < 1.29 is 0 Å². The van der Waals surface area contributed by atoms with Gasteiger partial charge < -0.3 is 5.32 Å². The lowest BCUT2D eigenvalue weighted by atomic mass is 9.93. The summed E-state index contributed by atoms with van der Waals surface area (Å²) in [6.45, 7) is 7.26. The van der Waals surface area contributed by atoms with Gasteiger partial charge in [-0.3, -0.25) is 4.90 Å². The predicted octanol–water partition coefficient (Wildman–Crippen LogP) is 2.39. The molecule has 2 aliphatic rings. The van der Waals surface area contributed by atoms with Gasteiger partial charge in [-0.1, -0.05) is 20.3 Å². The number of piperidine rings is 1. The summed E-state index contributed by atoms with van der Waals surface area (Å²) in [4.78, 5) is 2.82. The number of fused-ring (bicyclic) bond motifs is 1. The number of hydrogen-bond donors (Lipinski definition) is 1. The lowest BCUT2D eigenvalue weighted by Gasteiger charge is -2.42. The molecule has 2 heteroatoms. The van der Waals surface area contributed by atoms with Crippen molar-refractivity contribution in [3.05, 3.63) is 0 Å². The first-order valence-electron chi connectivity index (χ1n) is 6.86. The topological polar surface area (TPSA) is 15.3 Å². The van der Waals surface area contributed by atoms with E-state index in [1.807, 2.05) is 0 Å². The smallest absolute Gasteiger partial charge is 0.0264 e. The van der Waals surface area contributed by atoms with Crippen LogP contribution in [0.5, 0.6) is 0 Å². The Morgan fingerprint density at radius 1 is 1.33 bits per heavy atom. The van der Waals surface area contributed by atoms with E-state index in [-0.39, 0.29) is 0 Å². The van der Waals surface area contributed by atoms with Gasteiger partial charge in [-0.05, 0) is 45.2 Å². The molecule has 0 saturated carbocycles. The number of hydrogen-bond acceptors (Lipinski definition) is 2. The van der Waals surface area contributed by atoms with Crippen LogP contribution in [0.1, 0.15) is 52.4 Å². The van der Waals surface area contributed by atoms with E-state index in [1.54, 1.807) is 0 Å². The standard InChI is InChI=1S/C13H26N2/c1-3-6-11(4-2)15-10-5-7-12-13(15)8-9-14-12/h11-14H,3-10H2,1-2H3/t11?,12-,13-/m1/s1. The first-order chi connectivity index (χ1) is 7.36.